The quantitative estimate of drug-likeness (QED) is 0.256. The molecule has 0 saturated carbocycles. The first-order chi connectivity index (χ1) is 21.3. The second-order valence-corrected chi connectivity index (χ2v) is 11.3. The monoisotopic (exact) mass is 640 g/mol. The molecule has 14 heteroatoms. The molecule has 0 aliphatic carbocycles. The van der Waals surface area contributed by atoms with Gasteiger partial charge in [0.25, 0.3) is 5.91 Å². The molecule has 5 atom stereocenters. The fourth-order valence-electron chi connectivity index (χ4n) is 4.71. The highest BCUT2D eigenvalue weighted by Gasteiger charge is 2.52. The van der Waals surface area contributed by atoms with Gasteiger partial charge in [0.2, 0.25) is 0 Å². The van der Waals surface area contributed by atoms with Gasteiger partial charge in [-0.3, -0.25) is 29.0 Å². The predicted molar refractivity (Wildman–Crippen MR) is 160 cm³/mol. The van der Waals surface area contributed by atoms with Crippen LogP contribution < -0.4 is 5.32 Å². The molecule has 3 aromatic rings. The molecule has 1 aliphatic rings. The first-order valence-corrected chi connectivity index (χ1v) is 14.7. The number of nitrogens with zero attached hydrogens (tertiary/aromatic N) is 1. The molecular formula is C31H32N2O11S. The number of esters is 4. The number of ether oxygens (including phenoxy) is 5. The van der Waals surface area contributed by atoms with Gasteiger partial charge in [-0.05, 0) is 55.5 Å². The fraction of sp³-hybridized carbons (Fsp3) is 0.355. The molecule has 2 N–H and O–H groups in total. The number of aryl methyl sites for hydroxylation is 1. The summed E-state index contributed by atoms with van der Waals surface area (Å²) in [6, 6.07) is 13.2. The van der Waals surface area contributed by atoms with Crippen LogP contribution in [0.1, 0.15) is 43.7 Å². The molecule has 0 spiro atoms. The lowest BCUT2D eigenvalue weighted by Gasteiger charge is -2.44. The standard InChI is InChI=1S/C31H32N2O11S/c1-15-6-11-22-24(32-15)13-12-23(26(22)38)30(39)33-20-7-9-21(10-8-20)45-31-29(43-19(5)37)28(42-18(4)36)27(41-17(3)35)25(44-31)14-40-16(2)34/h6-13,25,27-29,31,38H,14H2,1-5H3,(H,33,39)/t25-,27-,28+,29-,31+/m1/s1. The number of nitrogens with one attached hydrogen (secondary N) is 1. The number of thioether (sulfide) groups is 1. The molecule has 238 valence electrons. The zero-order chi connectivity index (χ0) is 32.8. The van der Waals surface area contributed by atoms with Crippen LogP contribution in [0.2, 0.25) is 0 Å². The van der Waals surface area contributed by atoms with Gasteiger partial charge >= 0.3 is 23.9 Å². The van der Waals surface area contributed by atoms with E-state index in [1.807, 2.05) is 6.92 Å². The lowest BCUT2D eigenvalue weighted by Crippen LogP contribution is -2.61. The Balaban J connectivity index is 1.56. The molecule has 2 heterocycles. The van der Waals surface area contributed by atoms with Gasteiger partial charge in [-0.1, -0.05) is 11.8 Å². The average Bonchev–Trinajstić information content (AvgIpc) is 2.95. The number of aromatic nitrogens is 1. The molecular weight excluding hydrogens is 608 g/mol. The molecule has 1 fully saturated rings. The third kappa shape index (κ3) is 8.48. The number of anilines is 1. The minimum Gasteiger partial charge on any atom is -0.506 e. The Morgan fingerprint density at radius 1 is 0.822 bits per heavy atom. The molecule has 2 aromatic carbocycles. The smallest absolute Gasteiger partial charge is 0.303 e. The SMILES string of the molecule is CC(=O)OC[C@H]1O[C@@H](Sc2ccc(NC(=O)c3ccc4nc(C)ccc4c3O)cc2)[C@H](OC(C)=O)[C@@H](OC(C)=O)[C@@H]1OC(C)=O. The molecule has 1 aromatic heterocycles. The maximum absolute atomic E-state index is 13.0. The van der Waals surface area contributed by atoms with Crippen molar-refractivity contribution in [1.82, 2.24) is 4.98 Å². The average molecular weight is 641 g/mol. The van der Waals surface area contributed by atoms with Gasteiger partial charge in [-0.15, -0.1) is 0 Å². The van der Waals surface area contributed by atoms with Gasteiger partial charge in [-0.2, -0.15) is 0 Å². The summed E-state index contributed by atoms with van der Waals surface area (Å²) < 4.78 is 27.6. The van der Waals surface area contributed by atoms with Gasteiger partial charge in [0.1, 0.15) is 23.9 Å². The van der Waals surface area contributed by atoms with Gasteiger partial charge in [-0.25, -0.2) is 0 Å². The Kier molecular flexibility index (Phi) is 10.6. The van der Waals surface area contributed by atoms with E-state index >= 15 is 0 Å². The van der Waals surface area contributed by atoms with E-state index < -0.39 is 59.6 Å². The summed E-state index contributed by atoms with van der Waals surface area (Å²) in [4.78, 5) is 65.6. The van der Waals surface area contributed by atoms with Crippen molar-refractivity contribution in [2.75, 3.05) is 11.9 Å². The van der Waals surface area contributed by atoms with E-state index in [0.29, 0.717) is 21.5 Å². The van der Waals surface area contributed by atoms with Crippen molar-refractivity contribution in [3.63, 3.8) is 0 Å². The number of phenols is 1. The molecule has 13 nitrogen and oxygen atoms in total. The second-order valence-electron chi connectivity index (χ2n) is 10.1. The van der Waals surface area contributed by atoms with Crippen molar-refractivity contribution in [3.8, 4) is 5.75 Å². The maximum atomic E-state index is 13.0. The lowest BCUT2D eigenvalue weighted by molar-refractivity contribution is -0.237. The van der Waals surface area contributed by atoms with Gasteiger partial charge in [0, 0.05) is 49.4 Å². The minimum atomic E-state index is -1.28. The molecule has 4 rings (SSSR count). The van der Waals surface area contributed by atoms with Crippen molar-refractivity contribution in [2.45, 2.75) is 69.4 Å². The maximum Gasteiger partial charge on any atom is 0.303 e. The van der Waals surface area contributed by atoms with E-state index in [-0.39, 0.29) is 17.9 Å². The van der Waals surface area contributed by atoms with Gasteiger partial charge in [0.05, 0.1) is 11.1 Å². The van der Waals surface area contributed by atoms with Crippen LogP contribution in [0.15, 0.2) is 53.4 Å². The summed E-state index contributed by atoms with van der Waals surface area (Å²) in [7, 11) is 0. The Bertz CT molecular complexity index is 1610. The van der Waals surface area contributed by atoms with Crippen LogP contribution in [0.25, 0.3) is 10.9 Å². The molecule has 1 aliphatic heterocycles. The number of fused-ring (bicyclic) bond motifs is 1. The number of hydrogen-bond donors (Lipinski definition) is 2. The summed E-state index contributed by atoms with van der Waals surface area (Å²) in [5, 5.41) is 13.9. The normalized spacial score (nSPS) is 21.0. The van der Waals surface area contributed by atoms with Crippen molar-refractivity contribution in [3.05, 3.63) is 59.8 Å². The Labute approximate surface area is 262 Å². The highest BCUT2D eigenvalue weighted by molar-refractivity contribution is 7.99. The number of amides is 1. The van der Waals surface area contributed by atoms with E-state index in [4.69, 9.17) is 23.7 Å². The largest absolute Gasteiger partial charge is 0.506 e. The number of aromatic hydroxyl groups is 1. The predicted octanol–water partition coefficient (Wildman–Crippen LogP) is 3.68. The number of carbonyl (C=O) groups is 5. The number of phenolic OH excluding ortho intramolecular Hbond substituents is 1. The minimum absolute atomic E-state index is 0.0732. The van der Waals surface area contributed by atoms with Crippen LogP contribution in [0.4, 0.5) is 5.69 Å². The van der Waals surface area contributed by atoms with Crippen molar-refractivity contribution < 1.29 is 52.8 Å². The lowest BCUT2D eigenvalue weighted by atomic mass is 9.99. The molecule has 0 unspecified atom stereocenters. The molecule has 1 saturated heterocycles. The summed E-state index contributed by atoms with van der Waals surface area (Å²) in [6.45, 7) is 6.15. The highest BCUT2D eigenvalue weighted by Crippen LogP contribution is 2.38. The fourth-order valence-corrected chi connectivity index (χ4v) is 5.81. The number of benzene rings is 2. The van der Waals surface area contributed by atoms with Gasteiger partial charge < -0.3 is 34.1 Å². The molecule has 45 heavy (non-hydrogen) atoms. The number of rotatable bonds is 9. The third-order valence-corrected chi connectivity index (χ3v) is 7.70. The number of pyridine rings is 1. The van der Waals surface area contributed by atoms with Crippen LogP contribution >= 0.6 is 11.8 Å². The first-order valence-electron chi connectivity index (χ1n) is 13.8. The molecule has 0 bridgehead atoms. The topological polar surface area (TPSA) is 177 Å². The second kappa shape index (κ2) is 14.4. The zero-order valence-electron chi connectivity index (χ0n) is 25.1. The molecule has 1 amide bonds. The van der Waals surface area contributed by atoms with Crippen molar-refractivity contribution >= 4 is 58.1 Å². The number of hydrogen-bond acceptors (Lipinski definition) is 13. The summed E-state index contributed by atoms with van der Waals surface area (Å²) in [5.41, 5.74) is 0.836. The van der Waals surface area contributed by atoms with Crippen LogP contribution in [-0.4, -0.2) is 76.3 Å². The van der Waals surface area contributed by atoms with E-state index in [0.717, 1.165) is 31.3 Å². The Morgan fingerprint density at radius 3 is 2.07 bits per heavy atom. The summed E-state index contributed by atoms with van der Waals surface area (Å²) in [5.74, 6) is -3.48. The third-order valence-electron chi connectivity index (χ3n) is 6.54. The van der Waals surface area contributed by atoms with Crippen LogP contribution in [0.3, 0.4) is 0 Å². The summed E-state index contributed by atoms with van der Waals surface area (Å²) >= 11 is 1.10. The zero-order valence-corrected chi connectivity index (χ0v) is 25.9. The van der Waals surface area contributed by atoms with Gasteiger partial charge in [0.15, 0.2) is 18.3 Å². The van der Waals surface area contributed by atoms with E-state index in [9.17, 15) is 29.1 Å². The number of carbonyl (C=O) groups excluding carboxylic acids is 5. The Hall–Kier alpha value is -4.69. The van der Waals surface area contributed by atoms with Crippen LogP contribution in [0, 0.1) is 6.92 Å². The van der Waals surface area contributed by atoms with E-state index in [2.05, 4.69) is 10.3 Å². The van der Waals surface area contributed by atoms with Crippen LogP contribution in [0.5, 0.6) is 5.75 Å². The van der Waals surface area contributed by atoms with Crippen molar-refractivity contribution in [2.24, 2.45) is 0 Å². The van der Waals surface area contributed by atoms with Crippen LogP contribution in [-0.2, 0) is 42.9 Å². The summed E-state index contributed by atoms with van der Waals surface area (Å²) in [6.07, 6.45) is -4.83. The molecule has 0 radical (unpaired) electrons. The first kappa shape index (κ1) is 33.2. The highest BCUT2D eigenvalue weighted by atomic mass is 32.2. The van der Waals surface area contributed by atoms with Crippen molar-refractivity contribution in [1.29, 1.82) is 0 Å². The van der Waals surface area contributed by atoms with E-state index in [1.54, 1.807) is 42.5 Å². The van der Waals surface area contributed by atoms with E-state index in [1.165, 1.54) is 19.9 Å². The Morgan fingerprint density at radius 2 is 1.44 bits per heavy atom.